The highest BCUT2D eigenvalue weighted by atomic mass is 16.5. The molecule has 0 unspecified atom stereocenters. The summed E-state index contributed by atoms with van der Waals surface area (Å²) in [5.74, 6) is 1.48. The van der Waals surface area contributed by atoms with E-state index in [2.05, 4.69) is 9.79 Å². The van der Waals surface area contributed by atoms with E-state index < -0.39 is 0 Å². The number of aryl methyl sites for hydroxylation is 2. The molecule has 0 aliphatic rings. The third-order valence-electron chi connectivity index (χ3n) is 2.59. The van der Waals surface area contributed by atoms with Gasteiger partial charge in [0.05, 0.1) is 14.2 Å². The van der Waals surface area contributed by atoms with Crippen LogP contribution in [0.4, 0.5) is 5.88 Å². The fourth-order valence-corrected chi connectivity index (χ4v) is 1.66. The number of rotatable bonds is 5. The summed E-state index contributed by atoms with van der Waals surface area (Å²) in [4.78, 5) is 0. The molecule has 0 spiro atoms. The average Bonchev–Trinajstić information content (AvgIpc) is 2.81. The highest BCUT2D eigenvalue weighted by Crippen LogP contribution is 2.27. The molecule has 1 aromatic heterocycles. The van der Waals surface area contributed by atoms with Crippen LogP contribution in [0.2, 0.25) is 0 Å². The lowest BCUT2D eigenvalue weighted by Crippen LogP contribution is -2.35. The zero-order valence-corrected chi connectivity index (χ0v) is 10.3. The Kier molecular flexibility index (Phi) is 3.66. The minimum absolute atomic E-state index is 0.0577. The van der Waals surface area contributed by atoms with Crippen molar-refractivity contribution < 1.29 is 18.7 Å². The number of methoxy groups -OCH3 is 2. The summed E-state index contributed by atoms with van der Waals surface area (Å²) in [6, 6.07) is 5.78. The van der Waals surface area contributed by atoms with Crippen LogP contribution in [0, 0.1) is 0 Å². The largest absolute Gasteiger partial charge is 0.660 e. The summed E-state index contributed by atoms with van der Waals surface area (Å²) in [6.07, 6.45) is 2.32. The Morgan fingerprint density at radius 1 is 1.28 bits per heavy atom. The minimum atomic E-state index is 0.0577. The second kappa shape index (κ2) is 5.39. The third kappa shape index (κ3) is 2.71. The van der Waals surface area contributed by atoms with Crippen LogP contribution >= 0.6 is 0 Å². The molecule has 2 aromatic rings. The van der Waals surface area contributed by atoms with Crippen LogP contribution in [-0.2, 0) is 13.0 Å². The number of ether oxygens (including phenoxy) is 2. The van der Waals surface area contributed by atoms with Crippen molar-refractivity contribution >= 4 is 5.88 Å². The average molecular weight is 249 g/mol. The van der Waals surface area contributed by atoms with Gasteiger partial charge in [-0.25, -0.2) is 0 Å². The number of benzene rings is 1. The molecule has 0 fully saturated rings. The molecule has 0 atom stereocenters. The molecule has 96 valence electrons. The predicted molar refractivity (Wildman–Crippen MR) is 63.9 cm³/mol. The van der Waals surface area contributed by atoms with Crippen molar-refractivity contribution in [1.29, 1.82) is 0 Å². The normalized spacial score (nSPS) is 10.3. The number of nitrogens with zero attached hydrogens (tertiary/aromatic N) is 2. The van der Waals surface area contributed by atoms with E-state index in [9.17, 15) is 0 Å². The van der Waals surface area contributed by atoms with Gasteiger partial charge in [0.1, 0.15) is 5.88 Å². The van der Waals surface area contributed by atoms with Gasteiger partial charge in [-0.1, -0.05) is 10.7 Å². The van der Waals surface area contributed by atoms with E-state index in [-0.39, 0.29) is 5.88 Å². The van der Waals surface area contributed by atoms with Crippen molar-refractivity contribution in [3.8, 4) is 11.5 Å². The molecule has 1 heterocycles. The van der Waals surface area contributed by atoms with Gasteiger partial charge in [0.25, 0.3) is 0 Å². The van der Waals surface area contributed by atoms with Crippen molar-refractivity contribution in [3.05, 3.63) is 35.7 Å². The Labute approximate surface area is 105 Å². The lowest BCUT2D eigenvalue weighted by Gasteiger charge is -2.08. The van der Waals surface area contributed by atoms with Gasteiger partial charge in [-0.3, -0.25) is 0 Å². The highest BCUT2D eigenvalue weighted by Gasteiger charge is 2.08. The molecule has 6 nitrogen and oxygen atoms in total. The Hall–Kier alpha value is -2.24. The van der Waals surface area contributed by atoms with Gasteiger partial charge in [-0.15, -0.1) is 0 Å². The summed E-state index contributed by atoms with van der Waals surface area (Å²) in [5.41, 5.74) is 8.34. The fourth-order valence-electron chi connectivity index (χ4n) is 1.66. The van der Waals surface area contributed by atoms with Crippen molar-refractivity contribution in [2.75, 3.05) is 14.2 Å². The Bertz CT molecular complexity index is 525. The zero-order valence-electron chi connectivity index (χ0n) is 10.3. The second-order valence-electron chi connectivity index (χ2n) is 3.77. The monoisotopic (exact) mass is 249 g/mol. The first-order valence-corrected chi connectivity index (χ1v) is 5.52. The van der Waals surface area contributed by atoms with E-state index in [0.717, 1.165) is 12.0 Å². The van der Waals surface area contributed by atoms with Crippen molar-refractivity contribution in [2.45, 2.75) is 13.0 Å². The maximum Gasteiger partial charge on any atom is 0.222 e. The van der Waals surface area contributed by atoms with E-state index in [1.54, 1.807) is 25.1 Å². The number of hydrogen-bond acceptors (Lipinski definition) is 4. The maximum absolute atomic E-state index is 7.23. The smallest absolute Gasteiger partial charge is 0.222 e. The van der Waals surface area contributed by atoms with E-state index in [1.165, 1.54) is 0 Å². The molecular formula is C12H15N3O3. The van der Waals surface area contributed by atoms with Gasteiger partial charge < -0.3 is 19.7 Å². The number of aromatic nitrogens is 2. The van der Waals surface area contributed by atoms with E-state index in [0.29, 0.717) is 18.0 Å². The lowest BCUT2D eigenvalue weighted by molar-refractivity contribution is -0.761. The Morgan fingerprint density at radius 2 is 2.06 bits per heavy atom. The number of hydrogen-bond donors (Lipinski definition) is 0. The van der Waals surface area contributed by atoms with Crippen molar-refractivity contribution in [1.82, 2.24) is 5.27 Å². The van der Waals surface area contributed by atoms with Crippen LogP contribution in [0.15, 0.2) is 28.9 Å². The highest BCUT2D eigenvalue weighted by molar-refractivity contribution is 5.42. The topological polar surface area (TPSA) is 72.2 Å². The zero-order chi connectivity index (χ0) is 13.0. The van der Waals surface area contributed by atoms with E-state index >= 15 is 0 Å². The Morgan fingerprint density at radius 3 is 2.67 bits per heavy atom. The standard InChI is InChI=1S/C12H15N3O3/c1-16-10-4-3-9(7-11(10)17-2)5-6-15-8-12(13)18-14-15/h3-4,7-8,13H,5-6H2,1-2H3. The van der Waals surface area contributed by atoms with Gasteiger partial charge in [0.2, 0.25) is 6.20 Å². The summed E-state index contributed by atoms with van der Waals surface area (Å²) < 4.78 is 16.7. The molecule has 1 aromatic carbocycles. The molecule has 2 rings (SSSR count). The van der Waals surface area contributed by atoms with Crippen LogP contribution in [0.3, 0.4) is 0 Å². The minimum Gasteiger partial charge on any atom is -0.660 e. The van der Waals surface area contributed by atoms with Crippen molar-refractivity contribution in [3.63, 3.8) is 0 Å². The molecule has 6 heteroatoms. The Balaban J connectivity index is 2.05. The molecule has 0 amide bonds. The maximum atomic E-state index is 7.23. The first-order valence-electron chi connectivity index (χ1n) is 5.52. The first kappa shape index (κ1) is 12.2. The molecule has 1 N–H and O–H groups in total. The quantitative estimate of drug-likeness (QED) is 0.759. The molecule has 0 aliphatic carbocycles. The van der Waals surface area contributed by atoms with Crippen LogP contribution in [0.1, 0.15) is 5.56 Å². The fraction of sp³-hybridized carbons (Fsp3) is 0.333. The van der Waals surface area contributed by atoms with Crippen molar-refractivity contribution in [2.24, 2.45) is 0 Å². The van der Waals surface area contributed by atoms with Gasteiger partial charge in [-0.2, -0.15) is 0 Å². The molecule has 0 radical (unpaired) electrons. The van der Waals surface area contributed by atoms with Gasteiger partial charge >= 0.3 is 0 Å². The van der Waals surface area contributed by atoms with Gasteiger partial charge in [0, 0.05) is 6.42 Å². The predicted octanol–water partition coefficient (Wildman–Crippen LogP) is 1.91. The third-order valence-corrected chi connectivity index (χ3v) is 2.59. The SMILES string of the molecule is COc1ccc(CC[n+]2cc([NH-])on2)cc1OC. The van der Waals surface area contributed by atoms with E-state index in [1.807, 2.05) is 18.2 Å². The van der Waals surface area contributed by atoms with Gasteiger partial charge in [0.15, 0.2) is 23.3 Å². The molecule has 18 heavy (non-hydrogen) atoms. The summed E-state index contributed by atoms with van der Waals surface area (Å²) in [5, 5.41) is 3.71. The second-order valence-corrected chi connectivity index (χ2v) is 3.77. The van der Waals surface area contributed by atoms with Crippen LogP contribution in [0.5, 0.6) is 11.5 Å². The van der Waals surface area contributed by atoms with Crippen LogP contribution < -0.4 is 14.2 Å². The van der Waals surface area contributed by atoms with Crippen LogP contribution in [0.25, 0.3) is 5.73 Å². The summed E-state index contributed by atoms with van der Waals surface area (Å²) in [7, 11) is 3.22. The molecule has 0 saturated heterocycles. The van der Waals surface area contributed by atoms with E-state index in [4.69, 9.17) is 15.2 Å². The first-order chi connectivity index (χ1) is 8.72. The van der Waals surface area contributed by atoms with Crippen LogP contribution in [-0.4, -0.2) is 19.5 Å². The number of nitrogens with one attached hydrogen (secondary N) is 1. The van der Waals surface area contributed by atoms with Gasteiger partial charge in [-0.05, 0) is 17.7 Å². The molecular weight excluding hydrogens is 234 g/mol. The summed E-state index contributed by atoms with van der Waals surface area (Å²) >= 11 is 0. The molecule has 0 saturated carbocycles. The lowest BCUT2D eigenvalue weighted by atomic mass is 10.1. The summed E-state index contributed by atoms with van der Waals surface area (Å²) in [6.45, 7) is 0.651. The molecule has 0 aliphatic heterocycles. The molecule has 0 bridgehead atoms.